The molecule has 3 rings (SSSR count). The predicted octanol–water partition coefficient (Wildman–Crippen LogP) is 0.898. The van der Waals surface area contributed by atoms with Gasteiger partial charge in [0.25, 0.3) is 0 Å². The van der Waals surface area contributed by atoms with Crippen molar-refractivity contribution in [2.75, 3.05) is 26.2 Å². The number of amides is 1. The van der Waals surface area contributed by atoms with E-state index in [4.69, 9.17) is 0 Å². The highest BCUT2D eigenvalue weighted by molar-refractivity contribution is 7.89. The summed E-state index contributed by atoms with van der Waals surface area (Å²) >= 11 is 0. The van der Waals surface area contributed by atoms with Gasteiger partial charge in [0.15, 0.2) is 0 Å². The Kier molecular flexibility index (Phi) is 5.61. The first-order valence-corrected chi connectivity index (χ1v) is 10.4. The first-order valence-electron chi connectivity index (χ1n) is 8.97. The standard InChI is InChI=1S/C18H25N5O3S/c1-14-18(15(2)21(3)20-14)27(25,26)23-9-5-8-22(10-11-23)17(24)12-16-6-4-7-19-13-16/h4,6-7,13H,5,8-12H2,1-3H3. The maximum atomic E-state index is 13.1. The Hall–Kier alpha value is -2.26. The molecule has 0 N–H and O–H groups in total. The van der Waals surface area contributed by atoms with Gasteiger partial charge in [0.2, 0.25) is 15.9 Å². The topological polar surface area (TPSA) is 88.4 Å². The summed E-state index contributed by atoms with van der Waals surface area (Å²) in [6.07, 6.45) is 4.24. The molecule has 0 saturated carbocycles. The zero-order valence-electron chi connectivity index (χ0n) is 15.9. The van der Waals surface area contributed by atoms with E-state index in [0.29, 0.717) is 37.4 Å². The van der Waals surface area contributed by atoms with Gasteiger partial charge in [-0.05, 0) is 31.9 Å². The van der Waals surface area contributed by atoms with Gasteiger partial charge in [-0.3, -0.25) is 14.5 Å². The Labute approximate surface area is 159 Å². The Morgan fingerprint density at radius 1 is 1.19 bits per heavy atom. The summed E-state index contributed by atoms with van der Waals surface area (Å²) in [6.45, 7) is 5.09. The normalized spacial score (nSPS) is 16.3. The molecular weight excluding hydrogens is 366 g/mol. The Morgan fingerprint density at radius 3 is 2.59 bits per heavy atom. The van der Waals surface area contributed by atoms with E-state index in [0.717, 1.165) is 5.56 Å². The third-order valence-corrected chi connectivity index (χ3v) is 7.08. The summed E-state index contributed by atoms with van der Waals surface area (Å²) in [6, 6.07) is 3.67. The summed E-state index contributed by atoms with van der Waals surface area (Å²) < 4.78 is 29.3. The molecule has 1 aliphatic heterocycles. The van der Waals surface area contributed by atoms with Crippen LogP contribution in [-0.4, -0.2) is 64.5 Å². The Morgan fingerprint density at radius 2 is 1.96 bits per heavy atom. The molecule has 0 bridgehead atoms. The first kappa shape index (κ1) is 19.5. The number of carbonyl (C=O) groups excluding carboxylic acids is 1. The molecule has 27 heavy (non-hydrogen) atoms. The van der Waals surface area contributed by atoms with Crippen LogP contribution in [0.4, 0.5) is 0 Å². The van der Waals surface area contributed by atoms with Crippen molar-refractivity contribution in [3.05, 3.63) is 41.5 Å². The largest absolute Gasteiger partial charge is 0.341 e. The van der Waals surface area contributed by atoms with Gasteiger partial charge >= 0.3 is 0 Å². The van der Waals surface area contributed by atoms with Crippen LogP contribution in [0, 0.1) is 13.8 Å². The average Bonchev–Trinajstić information content (AvgIpc) is 2.81. The van der Waals surface area contributed by atoms with Crippen LogP contribution >= 0.6 is 0 Å². The summed E-state index contributed by atoms with van der Waals surface area (Å²) in [5, 5.41) is 4.23. The molecule has 0 spiro atoms. The van der Waals surface area contributed by atoms with E-state index in [-0.39, 0.29) is 23.8 Å². The van der Waals surface area contributed by atoms with Crippen LogP contribution < -0.4 is 0 Å². The van der Waals surface area contributed by atoms with E-state index in [2.05, 4.69) is 10.1 Å². The van der Waals surface area contributed by atoms with Crippen LogP contribution in [0.25, 0.3) is 0 Å². The van der Waals surface area contributed by atoms with Gasteiger partial charge in [0.05, 0.1) is 17.8 Å². The second-order valence-electron chi connectivity index (χ2n) is 6.80. The van der Waals surface area contributed by atoms with Crippen molar-refractivity contribution in [2.45, 2.75) is 31.6 Å². The third-order valence-electron chi connectivity index (χ3n) is 4.93. The molecule has 8 nitrogen and oxygen atoms in total. The number of carbonyl (C=O) groups is 1. The zero-order valence-corrected chi connectivity index (χ0v) is 16.7. The van der Waals surface area contributed by atoms with Gasteiger partial charge in [0, 0.05) is 45.6 Å². The van der Waals surface area contributed by atoms with Crippen molar-refractivity contribution in [1.29, 1.82) is 0 Å². The summed E-state index contributed by atoms with van der Waals surface area (Å²) in [5.41, 5.74) is 1.99. The molecule has 146 valence electrons. The highest BCUT2D eigenvalue weighted by atomic mass is 32.2. The lowest BCUT2D eigenvalue weighted by Crippen LogP contribution is -2.38. The minimum absolute atomic E-state index is 0.00372. The van der Waals surface area contributed by atoms with Gasteiger partial charge in [-0.25, -0.2) is 8.42 Å². The molecule has 0 atom stereocenters. The fraction of sp³-hybridized carbons (Fsp3) is 0.500. The molecule has 0 unspecified atom stereocenters. The number of sulfonamides is 1. The average molecular weight is 391 g/mol. The fourth-order valence-corrected chi connectivity index (χ4v) is 5.30. The quantitative estimate of drug-likeness (QED) is 0.773. The number of nitrogens with zero attached hydrogens (tertiary/aromatic N) is 5. The van der Waals surface area contributed by atoms with Gasteiger partial charge in [-0.1, -0.05) is 6.07 Å². The van der Waals surface area contributed by atoms with E-state index in [9.17, 15) is 13.2 Å². The van der Waals surface area contributed by atoms with Gasteiger partial charge in [0.1, 0.15) is 4.90 Å². The van der Waals surface area contributed by atoms with Crippen molar-refractivity contribution < 1.29 is 13.2 Å². The third kappa shape index (κ3) is 4.03. The van der Waals surface area contributed by atoms with Crippen molar-refractivity contribution in [1.82, 2.24) is 24.0 Å². The van der Waals surface area contributed by atoms with Gasteiger partial charge < -0.3 is 4.90 Å². The van der Waals surface area contributed by atoms with E-state index in [1.807, 2.05) is 6.07 Å². The van der Waals surface area contributed by atoms with Crippen LogP contribution in [0.3, 0.4) is 0 Å². The number of hydrogen-bond acceptors (Lipinski definition) is 5. The van der Waals surface area contributed by atoms with Crippen molar-refractivity contribution in [3.63, 3.8) is 0 Å². The minimum Gasteiger partial charge on any atom is -0.341 e. The highest BCUT2D eigenvalue weighted by Gasteiger charge is 2.32. The van der Waals surface area contributed by atoms with E-state index in [1.165, 1.54) is 4.31 Å². The molecule has 1 saturated heterocycles. The molecule has 0 aromatic carbocycles. The van der Waals surface area contributed by atoms with E-state index in [1.54, 1.807) is 48.9 Å². The fourth-order valence-electron chi connectivity index (χ4n) is 3.43. The van der Waals surface area contributed by atoms with Crippen molar-refractivity contribution in [3.8, 4) is 0 Å². The first-order chi connectivity index (χ1) is 12.8. The zero-order chi connectivity index (χ0) is 19.6. The van der Waals surface area contributed by atoms with Crippen LogP contribution in [0.1, 0.15) is 23.4 Å². The lowest BCUT2D eigenvalue weighted by Gasteiger charge is -2.22. The molecule has 2 aromatic heterocycles. The summed E-state index contributed by atoms with van der Waals surface area (Å²) in [7, 11) is -1.89. The molecule has 0 aliphatic carbocycles. The molecular formula is C18H25N5O3S. The highest BCUT2D eigenvalue weighted by Crippen LogP contribution is 2.24. The maximum absolute atomic E-state index is 13.1. The second kappa shape index (κ2) is 7.77. The lowest BCUT2D eigenvalue weighted by molar-refractivity contribution is -0.130. The molecule has 3 heterocycles. The maximum Gasteiger partial charge on any atom is 0.246 e. The van der Waals surface area contributed by atoms with E-state index < -0.39 is 10.0 Å². The summed E-state index contributed by atoms with van der Waals surface area (Å²) in [5.74, 6) is -0.00372. The monoisotopic (exact) mass is 391 g/mol. The predicted molar refractivity (Wildman–Crippen MR) is 101 cm³/mol. The van der Waals surface area contributed by atoms with Crippen LogP contribution in [0.15, 0.2) is 29.4 Å². The number of aryl methyl sites for hydroxylation is 2. The van der Waals surface area contributed by atoms with Crippen molar-refractivity contribution in [2.24, 2.45) is 7.05 Å². The molecule has 2 aromatic rings. The number of rotatable bonds is 4. The van der Waals surface area contributed by atoms with Crippen LogP contribution in [0.2, 0.25) is 0 Å². The molecule has 1 amide bonds. The summed E-state index contributed by atoms with van der Waals surface area (Å²) in [4.78, 5) is 18.6. The van der Waals surface area contributed by atoms with Crippen LogP contribution in [-0.2, 0) is 28.3 Å². The number of pyridine rings is 1. The van der Waals surface area contributed by atoms with Crippen molar-refractivity contribution >= 4 is 15.9 Å². The van der Waals surface area contributed by atoms with Crippen LogP contribution in [0.5, 0.6) is 0 Å². The van der Waals surface area contributed by atoms with E-state index >= 15 is 0 Å². The molecule has 9 heteroatoms. The molecule has 1 aliphatic rings. The minimum atomic E-state index is -3.63. The lowest BCUT2D eigenvalue weighted by atomic mass is 10.2. The molecule has 1 fully saturated rings. The van der Waals surface area contributed by atoms with Gasteiger partial charge in [-0.15, -0.1) is 0 Å². The van der Waals surface area contributed by atoms with Gasteiger partial charge in [-0.2, -0.15) is 9.40 Å². The number of hydrogen-bond donors (Lipinski definition) is 0. The second-order valence-corrected chi connectivity index (χ2v) is 8.67. The Bertz CT molecular complexity index is 924. The molecule has 0 radical (unpaired) electrons. The smallest absolute Gasteiger partial charge is 0.246 e. The SMILES string of the molecule is Cc1nn(C)c(C)c1S(=O)(=O)N1CCCN(C(=O)Cc2cccnc2)CC1. The Balaban J connectivity index is 1.72. The number of aromatic nitrogens is 3.